The molecule has 9 heteroatoms. The average Bonchev–Trinajstić information content (AvgIpc) is 3.37. The Bertz CT molecular complexity index is 979. The lowest BCUT2D eigenvalue weighted by Gasteiger charge is -2.29. The minimum Gasteiger partial charge on any atom is -0.459 e. The first-order valence-corrected chi connectivity index (χ1v) is 8.53. The number of nitrogens with zero attached hydrogens (tertiary/aromatic N) is 5. The van der Waals surface area contributed by atoms with Crippen molar-refractivity contribution in [3.05, 3.63) is 65.4 Å². The monoisotopic (exact) mass is 366 g/mol. The molecule has 0 aromatic carbocycles. The Kier molecular flexibility index (Phi) is 4.41. The summed E-state index contributed by atoms with van der Waals surface area (Å²) < 4.78 is 6.60. The summed E-state index contributed by atoms with van der Waals surface area (Å²) in [5, 5.41) is 6.91. The van der Waals surface area contributed by atoms with Crippen molar-refractivity contribution in [2.45, 2.75) is 19.5 Å². The second kappa shape index (κ2) is 7.02. The van der Waals surface area contributed by atoms with E-state index in [1.807, 2.05) is 0 Å². The highest BCUT2D eigenvalue weighted by Crippen LogP contribution is 2.22. The highest BCUT2D eigenvalue weighted by atomic mass is 16.3. The summed E-state index contributed by atoms with van der Waals surface area (Å²) >= 11 is 0. The Labute approximate surface area is 155 Å². The number of furan rings is 1. The molecular weight excluding hydrogens is 348 g/mol. The Hall–Kier alpha value is -3.49. The molecule has 3 aromatic heterocycles. The Balaban J connectivity index is 1.46. The molecule has 4 heterocycles. The van der Waals surface area contributed by atoms with Crippen LogP contribution >= 0.6 is 0 Å². The molecule has 0 atom stereocenters. The standard InChI is InChI=1S/C18H18N6O3/c1-23-11-21-16(22-23)18(26)24-5-4-14-12(7-19-8-13(14)10-24)9-20-17(25)15-3-2-6-27-15/h2-3,6-8,11H,4-5,9-10H2,1H3,(H,20,25). The van der Waals surface area contributed by atoms with Crippen LogP contribution in [0, 0.1) is 0 Å². The lowest BCUT2D eigenvalue weighted by molar-refractivity contribution is 0.0721. The lowest BCUT2D eigenvalue weighted by Crippen LogP contribution is -2.37. The first-order valence-electron chi connectivity index (χ1n) is 8.53. The van der Waals surface area contributed by atoms with Gasteiger partial charge in [-0.05, 0) is 35.2 Å². The Morgan fingerprint density at radius 2 is 2.22 bits per heavy atom. The van der Waals surface area contributed by atoms with Crippen molar-refractivity contribution < 1.29 is 14.0 Å². The summed E-state index contributed by atoms with van der Waals surface area (Å²) in [4.78, 5) is 34.6. The van der Waals surface area contributed by atoms with Gasteiger partial charge in [0.25, 0.3) is 11.8 Å². The van der Waals surface area contributed by atoms with Gasteiger partial charge in [-0.2, -0.15) is 0 Å². The van der Waals surface area contributed by atoms with Crippen LogP contribution in [0.15, 0.2) is 41.5 Å². The molecule has 0 saturated heterocycles. The van der Waals surface area contributed by atoms with Crippen LogP contribution < -0.4 is 5.32 Å². The number of aromatic nitrogens is 4. The largest absolute Gasteiger partial charge is 0.459 e. The van der Waals surface area contributed by atoms with Crippen molar-refractivity contribution in [2.24, 2.45) is 7.05 Å². The minimum atomic E-state index is -0.272. The number of nitrogens with one attached hydrogen (secondary N) is 1. The van der Waals surface area contributed by atoms with Gasteiger partial charge in [-0.1, -0.05) is 0 Å². The van der Waals surface area contributed by atoms with E-state index in [4.69, 9.17) is 4.42 Å². The fourth-order valence-corrected chi connectivity index (χ4v) is 3.14. The number of fused-ring (bicyclic) bond motifs is 1. The van der Waals surface area contributed by atoms with Crippen molar-refractivity contribution in [1.82, 2.24) is 30.0 Å². The SMILES string of the molecule is Cn1cnc(C(=O)N2CCc3c(CNC(=O)c4ccco4)cncc3C2)n1. The Morgan fingerprint density at radius 1 is 1.33 bits per heavy atom. The molecule has 0 aliphatic carbocycles. The average molecular weight is 366 g/mol. The van der Waals surface area contributed by atoms with Gasteiger partial charge in [0.05, 0.1) is 6.26 Å². The van der Waals surface area contributed by atoms with E-state index in [1.54, 1.807) is 36.5 Å². The van der Waals surface area contributed by atoms with Crippen LogP contribution in [-0.4, -0.2) is 43.0 Å². The van der Waals surface area contributed by atoms with Crippen LogP contribution in [0.1, 0.15) is 37.9 Å². The summed E-state index contributed by atoms with van der Waals surface area (Å²) in [6, 6.07) is 3.28. The van der Waals surface area contributed by atoms with E-state index in [0.717, 1.165) is 16.7 Å². The maximum Gasteiger partial charge on any atom is 0.293 e. The smallest absolute Gasteiger partial charge is 0.293 e. The van der Waals surface area contributed by atoms with Crippen LogP contribution in [0.4, 0.5) is 0 Å². The molecular formula is C18H18N6O3. The van der Waals surface area contributed by atoms with E-state index in [0.29, 0.717) is 26.1 Å². The van der Waals surface area contributed by atoms with Gasteiger partial charge >= 0.3 is 0 Å². The normalized spacial score (nSPS) is 13.3. The number of pyridine rings is 1. The van der Waals surface area contributed by atoms with Crippen LogP contribution in [-0.2, 0) is 26.6 Å². The molecule has 0 spiro atoms. The number of carbonyl (C=O) groups is 2. The fourth-order valence-electron chi connectivity index (χ4n) is 3.14. The quantitative estimate of drug-likeness (QED) is 0.736. The van der Waals surface area contributed by atoms with Gasteiger partial charge in [-0.3, -0.25) is 19.3 Å². The van der Waals surface area contributed by atoms with Crippen LogP contribution in [0.3, 0.4) is 0 Å². The molecule has 0 unspecified atom stereocenters. The molecule has 9 nitrogen and oxygen atoms in total. The predicted molar refractivity (Wildman–Crippen MR) is 93.6 cm³/mol. The molecule has 0 saturated carbocycles. The molecule has 0 bridgehead atoms. The second-order valence-electron chi connectivity index (χ2n) is 6.31. The third kappa shape index (κ3) is 3.43. The van der Waals surface area contributed by atoms with E-state index in [9.17, 15) is 9.59 Å². The van der Waals surface area contributed by atoms with Gasteiger partial charge < -0.3 is 14.6 Å². The lowest BCUT2D eigenvalue weighted by atomic mass is 9.97. The summed E-state index contributed by atoms with van der Waals surface area (Å²) in [7, 11) is 1.72. The Morgan fingerprint density at radius 3 is 2.96 bits per heavy atom. The van der Waals surface area contributed by atoms with E-state index < -0.39 is 0 Å². The second-order valence-corrected chi connectivity index (χ2v) is 6.31. The number of hydrogen-bond acceptors (Lipinski definition) is 6. The number of amides is 2. The van der Waals surface area contributed by atoms with Gasteiger partial charge in [0, 0.05) is 39.1 Å². The summed E-state index contributed by atoms with van der Waals surface area (Å²) in [6.07, 6.45) is 7.16. The number of hydrogen-bond donors (Lipinski definition) is 1. The predicted octanol–water partition coefficient (Wildman–Crippen LogP) is 0.932. The zero-order valence-electron chi connectivity index (χ0n) is 14.8. The summed E-state index contributed by atoms with van der Waals surface area (Å²) in [6.45, 7) is 1.36. The maximum atomic E-state index is 12.6. The van der Waals surface area contributed by atoms with Crippen molar-refractivity contribution in [1.29, 1.82) is 0 Å². The third-order valence-corrected chi connectivity index (χ3v) is 4.49. The van der Waals surface area contributed by atoms with Crippen molar-refractivity contribution in [3.63, 3.8) is 0 Å². The fraction of sp³-hybridized carbons (Fsp3) is 0.278. The number of rotatable bonds is 4. The molecule has 3 aromatic rings. The van der Waals surface area contributed by atoms with Gasteiger partial charge in [0.1, 0.15) is 6.33 Å². The molecule has 27 heavy (non-hydrogen) atoms. The van der Waals surface area contributed by atoms with E-state index in [2.05, 4.69) is 20.4 Å². The number of aryl methyl sites for hydroxylation is 1. The molecule has 0 fully saturated rings. The van der Waals surface area contributed by atoms with E-state index >= 15 is 0 Å². The van der Waals surface area contributed by atoms with Crippen molar-refractivity contribution in [3.8, 4) is 0 Å². The van der Waals surface area contributed by atoms with Crippen LogP contribution in [0.5, 0.6) is 0 Å². The molecule has 1 N–H and O–H groups in total. The molecule has 2 amide bonds. The van der Waals surface area contributed by atoms with Gasteiger partial charge in [0.15, 0.2) is 5.76 Å². The van der Waals surface area contributed by atoms with Crippen molar-refractivity contribution >= 4 is 11.8 Å². The molecule has 138 valence electrons. The van der Waals surface area contributed by atoms with Gasteiger partial charge in [0.2, 0.25) is 5.82 Å². The first-order chi connectivity index (χ1) is 13.1. The highest BCUT2D eigenvalue weighted by molar-refractivity contribution is 5.91. The maximum absolute atomic E-state index is 12.6. The van der Waals surface area contributed by atoms with Crippen LogP contribution in [0.2, 0.25) is 0 Å². The van der Waals surface area contributed by atoms with E-state index in [1.165, 1.54) is 17.3 Å². The molecule has 1 aliphatic heterocycles. The summed E-state index contributed by atoms with van der Waals surface area (Å²) in [5.74, 6) is -0.00705. The molecule has 1 aliphatic rings. The third-order valence-electron chi connectivity index (χ3n) is 4.49. The zero-order chi connectivity index (χ0) is 18.8. The summed E-state index contributed by atoms with van der Waals surface area (Å²) in [5.41, 5.74) is 3.02. The topological polar surface area (TPSA) is 106 Å². The van der Waals surface area contributed by atoms with Gasteiger partial charge in [-0.15, -0.1) is 5.10 Å². The molecule has 0 radical (unpaired) electrons. The molecule has 4 rings (SSSR count). The minimum absolute atomic E-state index is 0.191. The number of carbonyl (C=O) groups excluding carboxylic acids is 2. The zero-order valence-corrected chi connectivity index (χ0v) is 14.8. The highest BCUT2D eigenvalue weighted by Gasteiger charge is 2.26. The van der Waals surface area contributed by atoms with E-state index in [-0.39, 0.29) is 23.4 Å². The van der Waals surface area contributed by atoms with Crippen molar-refractivity contribution in [2.75, 3.05) is 6.54 Å². The first kappa shape index (κ1) is 17.0. The van der Waals surface area contributed by atoms with Gasteiger partial charge in [-0.25, -0.2) is 4.98 Å². The van der Waals surface area contributed by atoms with Crippen LogP contribution in [0.25, 0.3) is 0 Å².